The average Bonchev–Trinajstić information content (AvgIpc) is 2.75. The fourth-order valence-corrected chi connectivity index (χ4v) is 4.30. The Labute approximate surface area is 177 Å². The second-order valence-electron chi connectivity index (χ2n) is 8.19. The second kappa shape index (κ2) is 11.8. The molecule has 1 aliphatic heterocycles. The molecule has 1 saturated carbocycles. The first kappa shape index (κ1) is 24.1. The molecule has 30 heavy (non-hydrogen) atoms. The molecule has 2 rings (SSSR count). The number of guanidine groups is 1. The maximum absolute atomic E-state index is 13.2. The largest absolute Gasteiger partial charge is 0.480 e. The smallest absolute Gasteiger partial charge is 0.326 e. The van der Waals surface area contributed by atoms with Crippen LogP contribution in [0.25, 0.3) is 0 Å². The van der Waals surface area contributed by atoms with E-state index in [-0.39, 0.29) is 31.3 Å². The molecule has 10 heteroatoms. The van der Waals surface area contributed by atoms with Crippen molar-refractivity contribution in [3.63, 3.8) is 0 Å². The van der Waals surface area contributed by atoms with Gasteiger partial charge in [-0.15, -0.1) is 0 Å². The van der Waals surface area contributed by atoms with E-state index in [2.05, 4.69) is 10.3 Å². The first-order chi connectivity index (χ1) is 14.3. The molecule has 0 spiro atoms. The summed E-state index contributed by atoms with van der Waals surface area (Å²) in [7, 11) is 0. The number of aliphatic hydroxyl groups excluding tert-OH is 1. The Morgan fingerprint density at radius 2 is 1.73 bits per heavy atom. The van der Waals surface area contributed by atoms with Crippen LogP contribution in [0.3, 0.4) is 0 Å². The summed E-state index contributed by atoms with van der Waals surface area (Å²) in [6.07, 6.45) is 5.44. The lowest BCUT2D eigenvalue weighted by atomic mass is 9.84. The van der Waals surface area contributed by atoms with Gasteiger partial charge in [0.25, 0.3) is 5.91 Å². The topological polar surface area (TPSA) is 171 Å². The van der Waals surface area contributed by atoms with Crippen molar-refractivity contribution in [1.29, 1.82) is 0 Å². The molecule has 2 aliphatic rings. The molecule has 2 unspecified atom stereocenters. The quantitative estimate of drug-likeness (QED) is 0.194. The van der Waals surface area contributed by atoms with Gasteiger partial charge in [0.05, 0.1) is 6.04 Å². The lowest BCUT2D eigenvalue weighted by molar-refractivity contribution is -0.165. The van der Waals surface area contributed by atoms with Crippen molar-refractivity contribution < 1.29 is 24.6 Å². The molecule has 10 nitrogen and oxygen atoms in total. The van der Waals surface area contributed by atoms with Crippen molar-refractivity contribution in [3.8, 4) is 0 Å². The van der Waals surface area contributed by atoms with Crippen molar-refractivity contribution in [3.05, 3.63) is 0 Å². The van der Waals surface area contributed by atoms with Crippen molar-refractivity contribution in [2.75, 3.05) is 13.1 Å². The maximum atomic E-state index is 13.2. The van der Waals surface area contributed by atoms with E-state index in [1.165, 1.54) is 0 Å². The second-order valence-corrected chi connectivity index (χ2v) is 8.19. The van der Waals surface area contributed by atoms with E-state index in [0.717, 1.165) is 37.0 Å². The molecular formula is C20H35N5O5. The molecule has 0 aromatic rings. The Hall–Kier alpha value is -2.20. The minimum Gasteiger partial charge on any atom is -0.480 e. The van der Waals surface area contributed by atoms with Gasteiger partial charge in [0.2, 0.25) is 5.91 Å². The fourth-order valence-electron chi connectivity index (χ4n) is 4.30. The number of carbonyl (C=O) groups is 3. The van der Waals surface area contributed by atoms with Crippen LogP contribution in [0.2, 0.25) is 0 Å². The number of carbonyl (C=O) groups excluding carboxylic acids is 2. The van der Waals surface area contributed by atoms with E-state index in [9.17, 15) is 24.6 Å². The van der Waals surface area contributed by atoms with Crippen LogP contribution < -0.4 is 16.8 Å². The fraction of sp³-hybridized carbons (Fsp3) is 0.800. The van der Waals surface area contributed by atoms with Gasteiger partial charge in [-0.25, -0.2) is 4.79 Å². The maximum Gasteiger partial charge on any atom is 0.326 e. The molecule has 0 radical (unpaired) electrons. The van der Waals surface area contributed by atoms with E-state index in [4.69, 9.17) is 11.5 Å². The van der Waals surface area contributed by atoms with Gasteiger partial charge in [0.15, 0.2) is 5.96 Å². The number of nitrogens with zero attached hydrogens (tertiary/aromatic N) is 2. The molecule has 1 aliphatic carbocycles. The average molecular weight is 426 g/mol. The highest BCUT2D eigenvalue weighted by Gasteiger charge is 2.42. The first-order valence-electron chi connectivity index (χ1n) is 10.9. The van der Waals surface area contributed by atoms with Gasteiger partial charge in [0.1, 0.15) is 12.1 Å². The summed E-state index contributed by atoms with van der Waals surface area (Å²) in [6, 6.07) is -2.00. The normalized spacial score (nSPS) is 22.0. The van der Waals surface area contributed by atoms with E-state index in [0.29, 0.717) is 25.8 Å². The number of nitrogens with one attached hydrogen (secondary N) is 1. The Morgan fingerprint density at radius 1 is 1.07 bits per heavy atom. The number of carboxylic acid groups (broad SMARTS) is 1. The Kier molecular flexibility index (Phi) is 9.51. The van der Waals surface area contributed by atoms with Crippen LogP contribution in [0.4, 0.5) is 0 Å². The Morgan fingerprint density at radius 3 is 2.30 bits per heavy atom. The molecule has 0 aromatic carbocycles. The number of aliphatic carboxylic acids is 1. The van der Waals surface area contributed by atoms with Gasteiger partial charge < -0.3 is 27.0 Å². The Bertz CT molecular complexity index is 625. The first-order valence-corrected chi connectivity index (χ1v) is 10.9. The zero-order valence-electron chi connectivity index (χ0n) is 17.5. The summed E-state index contributed by atoms with van der Waals surface area (Å²) >= 11 is 0. The van der Waals surface area contributed by atoms with Gasteiger partial charge in [0, 0.05) is 6.54 Å². The molecule has 170 valence electrons. The molecule has 0 bridgehead atoms. The predicted molar refractivity (Wildman–Crippen MR) is 111 cm³/mol. The van der Waals surface area contributed by atoms with Gasteiger partial charge in [-0.2, -0.15) is 0 Å². The number of aliphatic imine (C=N–C) groups is 1. The van der Waals surface area contributed by atoms with E-state index < -0.39 is 36.0 Å². The SMILES string of the molecule is NC(N)=NCCC[C@@H](C(=O)O)N(C(=O)C1CCCCN1)C(=O)C(O)C1CCCCC1. The van der Waals surface area contributed by atoms with E-state index >= 15 is 0 Å². The minimum atomic E-state index is -1.38. The van der Waals surface area contributed by atoms with Gasteiger partial charge in [-0.05, 0) is 51.0 Å². The van der Waals surface area contributed by atoms with Crippen LogP contribution in [-0.2, 0) is 14.4 Å². The minimum absolute atomic E-state index is 0.00764. The van der Waals surface area contributed by atoms with E-state index in [1.54, 1.807) is 0 Å². The zero-order chi connectivity index (χ0) is 22.1. The van der Waals surface area contributed by atoms with Crippen LogP contribution in [0, 0.1) is 5.92 Å². The summed E-state index contributed by atoms with van der Waals surface area (Å²) in [4.78, 5) is 43.1. The van der Waals surface area contributed by atoms with Gasteiger partial charge in [-0.3, -0.25) is 19.5 Å². The number of imide groups is 1. The third kappa shape index (κ3) is 6.66. The summed E-state index contributed by atoms with van der Waals surface area (Å²) < 4.78 is 0. The summed E-state index contributed by atoms with van der Waals surface area (Å²) in [5, 5.41) is 23.6. The number of aliphatic hydroxyl groups is 1. The van der Waals surface area contributed by atoms with Crippen LogP contribution in [0.15, 0.2) is 4.99 Å². The zero-order valence-corrected chi connectivity index (χ0v) is 17.5. The molecule has 2 fully saturated rings. The molecule has 7 N–H and O–H groups in total. The number of hydrogen-bond donors (Lipinski definition) is 5. The highest BCUT2D eigenvalue weighted by Crippen LogP contribution is 2.28. The third-order valence-electron chi connectivity index (χ3n) is 5.96. The van der Waals surface area contributed by atoms with E-state index in [1.807, 2.05) is 0 Å². The van der Waals surface area contributed by atoms with Crippen molar-refractivity contribution in [1.82, 2.24) is 10.2 Å². The van der Waals surface area contributed by atoms with Crippen molar-refractivity contribution >= 4 is 23.7 Å². The standard InChI is InChI=1S/C20H35N5O5/c21-20(22)24-12-6-10-15(19(29)30)25(17(27)14-9-4-5-11-23-14)18(28)16(26)13-7-2-1-3-8-13/h13-16,23,26H,1-12H2,(H,29,30)(H4,21,22,24)/t14?,15-,16?/m0/s1. The lowest BCUT2D eigenvalue weighted by Crippen LogP contribution is -2.59. The lowest BCUT2D eigenvalue weighted by Gasteiger charge is -2.35. The Balaban J connectivity index is 2.22. The van der Waals surface area contributed by atoms with Crippen molar-refractivity contribution in [2.45, 2.75) is 82.4 Å². The van der Waals surface area contributed by atoms with Crippen molar-refractivity contribution in [2.24, 2.45) is 22.4 Å². The van der Waals surface area contributed by atoms with Gasteiger partial charge >= 0.3 is 5.97 Å². The summed E-state index contributed by atoms with van der Waals surface area (Å²) in [5.74, 6) is -3.03. The third-order valence-corrected chi connectivity index (χ3v) is 5.96. The molecule has 1 heterocycles. The highest BCUT2D eigenvalue weighted by molar-refractivity contribution is 6.03. The predicted octanol–water partition coefficient (Wildman–Crippen LogP) is -0.0683. The summed E-state index contributed by atoms with van der Waals surface area (Å²) in [5.41, 5.74) is 10.6. The molecule has 1 saturated heterocycles. The number of nitrogens with two attached hydrogens (primary N) is 2. The molecule has 0 aromatic heterocycles. The highest BCUT2D eigenvalue weighted by atomic mass is 16.4. The van der Waals surface area contributed by atoms with Gasteiger partial charge in [-0.1, -0.05) is 25.7 Å². The van der Waals surface area contributed by atoms with Crippen LogP contribution in [-0.4, -0.2) is 70.1 Å². The monoisotopic (exact) mass is 425 g/mol. The van der Waals surface area contributed by atoms with Crippen LogP contribution in [0.5, 0.6) is 0 Å². The molecular weight excluding hydrogens is 390 g/mol. The number of hydrogen-bond acceptors (Lipinski definition) is 6. The molecule has 2 amide bonds. The number of amides is 2. The van der Waals surface area contributed by atoms with Crippen LogP contribution in [0.1, 0.15) is 64.2 Å². The number of piperidine rings is 1. The summed E-state index contributed by atoms with van der Waals surface area (Å²) in [6.45, 7) is 0.820. The molecule has 3 atom stereocenters. The number of rotatable bonds is 9. The van der Waals surface area contributed by atoms with Crippen LogP contribution >= 0.6 is 0 Å². The number of carboxylic acids is 1.